The lowest BCUT2D eigenvalue weighted by molar-refractivity contribution is 0.0742. The third kappa shape index (κ3) is 6.42. The predicted molar refractivity (Wildman–Crippen MR) is 128 cm³/mol. The van der Waals surface area contributed by atoms with Crippen LogP contribution in [0.4, 0.5) is 4.39 Å². The third-order valence-corrected chi connectivity index (χ3v) is 6.43. The average Bonchev–Trinajstić information content (AvgIpc) is 3.25. The lowest BCUT2D eigenvalue weighted by atomic mass is 9.99. The lowest BCUT2D eigenvalue weighted by Gasteiger charge is -2.20. The van der Waals surface area contributed by atoms with Gasteiger partial charge in [0.1, 0.15) is 30.0 Å². The maximum absolute atomic E-state index is 13.5. The molecular formula is C25H25Cl2FN2O3. The van der Waals surface area contributed by atoms with E-state index in [0.717, 1.165) is 36.8 Å². The highest BCUT2D eigenvalue weighted by molar-refractivity contribution is 6.31. The van der Waals surface area contributed by atoms with Gasteiger partial charge in [0.25, 0.3) is 0 Å². The molecule has 0 bridgehead atoms. The number of fused-ring (bicyclic) bond motifs is 1. The minimum Gasteiger partial charge on any atom is -0.491 e. The number of nitrogens with zero attached hydrogens (tertiary/aromatic N) is 2. The monoisotopic (exact) mass is 490 g/mol. The van der Waals surface area contributed by atoms with Gasteiger partial charge in [0.2, 0.25) is 0 Å². The number of aliphatic hydroxyl groups is 1. The van der Waals surface area contributed by atoms with Crippen molar-refractivity contribution in [3.05, 3.63) is 70.1 Å². The number of halogens is 3. The van der Waals surface area contributed by atoms with Crippen molar-refractivity contribution in [3.8, 4) is 5.75 Å². The first-order valence-corrected chi connectivity index (χ1v) is 11.7. The zero-order valence-corrected chi connectivity index (χ0v) is 19.5. The quantitative estimate of drug-likeness (QED) is 0.406. The number of ketones is 1. The molecular weight excluding hydrogens is 466 g/mol. The number of Topliss-reactive ketones (excluding diaryl/α,β-unsaturated/α-hetero) is 1. The van der Waals surface area contributed by atoms with Crippen LogP contribution in [-0.2, 0) is 0 Å². The van der Waals surface area contributed by atoms with E-state index in [0.29, 0.717) is 35.3 Å². The molecule has 0 spiro atoms. The molecule has 5 nitrogen and oxygen atoms in total. The minimum absolute atomic E-state index is 0.0331. The van der Waals surface area contributed by atoms with Crippen molar-refractivity contribution in [1.82, 2.24) is 9.88 Å². The Morgan fingerprint density at radius 3 is 2.88 bits per heavy atom. The number of benzene rings is 2. The van der Waals surface area contributed by atoms with E-state index < -0.39 is 11.9 Å². The van der Waals surface area contributed by atoms with Gasteiger partial charge in [0.15, 0.2) is 5.78 Å². The molecule has 4 rings (SSSR count). The van der Waals surface area contributed by atoms with Crippen LogP contribution < -0.4 is 4.74 Å². The molecule has 174 valence electrons. The second-order valence-electron chi connectivity index (χ2n) is 8.45. The summed E-state index contributed by atoms with van der Waals surface area (Å²) in [4.78, 5) is 19.3. The molecule has 1 unspecified atom stereocenters. The smallest absolute Gasteiger partial charge is 0.181 e. The molecule has 3 aromatic rings. The van der Waals surface area contributed by atoms with Crippen LogP contribution in [0.15, 0.2) is 48.5 Å². The number of hydrogen-bond donors (Lipinski definition) is 1. The van der Waals surface area contributed by atoms with Crippen LogP contribution in [0.25, 0.3) is 10.9 Å². The van der Waals surface area contributed by atoms with Crippen LogP contribution in [0.2, 0.25) is 10.0 Å². The van der Waals surface area contributed by atoms with Gasteiger partial charge in [0.05, 0.1) is 10.5 Å². The molecule has 1 saturated heterocycles. The van der Waals surface area contributed by atoms with Crippen LogP contribution in [0.3, 0.4) is 0 Å². The summed E-state index contributed by atoms with van der Waals surface area (Å²) in [7, 11) is 0. The Labute approximate surface area is 202 Å². The Morgan fingerprint density at radius 1 is 1.21 bits per heavy atom. The molecule has 0 aliphatic carbocycles. The molecule has 1 aromatic heterocycles. The molecule has 1 fully saturated rings. The fourth-order valence-corrected chi connectivity index (χ4v) is 4.44. The van der Waals surface area contributed by atoms with E-state index in [2.05, 4.69) is 9.88 Å². The topological polar surface area (TPSA) is 62.7 Å². The fourth-order valence-electron chi connectivity index (χ4n) is 4.14. The van der Waals surface area contributed by atoms with Gasteiger partial charge in [-0.15, -0.1) is 0 Å². The first kappa shape index (κ1) is 23.9. The maximum atomic E-state index is 13.5. The van der Waals surface area contributed by atoms with Gasteiger partial charge >= 0.3 is 0 Å². The summed E-state index contributed by atoms with van der Waals surface area (Å²) in [6.45, 7) is 2.22. The van der Waals surface area contributed by atoms with E-state index in [9.17, 15) is 14.3 Å². The van der Waals surface area contributed by atoms with Gasteiger partial charge in [-0.2, -0.15) is 0 Å². The Bertz CT molecular complexity index is 1140. The van der Waals surface area contributed by atoms with Crippen LogP contribution in [0, 0.1) is 11.7 Å². The standard InChI is InChI=1S/C25H25Cl2FN2O3/c26-18-3-7-23-17(11-18)2-6-24(29-23)25(32)8-1-16-9-10-30(13-16)14-19(31)15-33-20-4-5-21(27)22(28)12-20/h2-7,11-12,16,19,31H,1,8-10,13-15H2/t16?,19-/m1/s1. The number of rotatable bonds is 9. The number of likely N-dealkylation sites (tertiary alicyclic amines) is 1. The first-order valence-electron chi connectivity index (χ1n) is 10.9. The summed E-state index contributed by atoms with van der Waals surface area (Å²) in [5, 5.41) is 11.9. The summed E-state index contributed by atoms with van der Waals surface area (Å²) in [6.07, 6.45) is 1.51. The zero-order chi connectivity index (χ0) is 23.4. The second kappa shape index (κ2) is 10.8. The molecule has 0 amide bonds. The van der Waals surface area contributed by atoms with Gasteiger partial charge in [0, 0.05) is 36.0 Å². The molecule has 1 aliphatic heterocycles. The van der Waals surface area contributed by atoms with Crippen molar-refractivity contribution < 1.29 is 19.0 Å². The van der Waals surface area contributed by atoms with E-state index in [1.807, 2.05) is 18.2 Å². The van der Waals surface area contributed by atoms with E-state index in [1.165, 1.54) is 12.1 Å². The molecule has 1 aliphatic rings. The number of aromatic nitrogens is 1. The first-order chi connectivity index (χ1) is 15.9. The van der Waals surface area contributed by atoms with Crippen molar-refractivity contribution in [2.24, 2.45) is 5.92 Å². The molecule has 0 radical (unpaired) electrons. The average molecular weight is 491 g/mol. The number of pyridine rings is 1. The highest BCUT2D eigenvalue weighted by atomic mass is 35.5. The van der Waals surface area contributed by atoms with E-state index in [-0.39, 0.29) is 17.4 Å². The maximum Gasteiger partial charge on any atom is 0.181 e. The van der Waals surface area contributed by atoms with Crippen molar-refractivity contribution in [2.75, 3.05) is 26.2 Å². The Hall–Kier alpha value is -2.25. The molecule has 2 atom stereocenters. The minimum atomic E-state index is -0.695. The number of carbonyl (C=O) groups excluding carboxylic acids is 1. The number of carbonyl (C=O) groups is 1. The van der Waals surface area contributed by atoms with Crippen LogP contribution in [0.5, 0.6) is 5.75 Å². The molecule has 0 saturated carbocycles. The summed E-state index contributed by atoms with van der Waals surface area (Å²) in [5.41, 5.74) is 1.24. The molecule has 33 heavy (non-hydrogen) atoms. The lowest BCUT2D eigenvalue weighted by Crippen LogP contribution is -2.34. The zero-order valence-electron chi connectivity index (χ0n) is 18.0. The van der Waals surface area contributed by atoms with Crippen molar-refractivity contribution in [3.63, 3.8) is 0 Å². The van der Waals surface area contributed by atoms with E-state index in [4.69, 9.17) is 27.9 Å². The summed E-state index contributed by atoms with van der Waals surface area (Å²) >= 11 is 11.7. The van der Waals surface area contributed by atoms with Gasteiger partial charge in [-0.3, -0.25) is 4.79 Å². The number of β-amino-alcohol motifs (C(OH)–C–C–N with tert-alkyl or cyclic N) is 1. The number of ether oxygens (including phenoxy) is 1. The summed E-state index contributed by atoms with van der Waals surface area (Å²) < 4.78 is 19.0. The highest BCUT2D eigenvalue weighted by Crippen LogP contribution is 2.24. The van der Waals surface area contributed by atoms with Crippen LogP contribution in [-0.4, -0.2) is 53.1 Å². The summed E-state index contributed by atoms with van der Waals surface area (Å²) in [6, 6.07) is 13.3. The number of aliphatic hydroxyl groups excluding tert-OH is 1. The van der Waals surface area contributed by atoms with Gasteiger partial charge < -0.3 is 14.7 Å². The van der Waals surface area contributed by atoms with Crippen molar-refractivity contribution in [1.29, 1.82) is 0 Å². The van der Waals surface area contributed by atoms with Gasteiger partial charge in [-0.25, -0.2) is 9.37 Å². The molecule has 2 aromatic carbocycles. The van der Waals surface area contributed by atoms with Crippen LogP contribution in [0.1, 0.15) is 29.8 Å². The normalized spacial score (nSPS) is 17.4. The van der Waals surface area contributed by atoms with Crippen LogP contribution >= 0.6 is 23.2 Å². The third-order valence-electron chi connectivity index (χ3n) is 5.89. The van der Waals surface area contributed by atoms with Crippen molar-refractivity contribution in [2.45, 2.75) is 25.4 Å². The van der Waals surface area contributed by atoms with E-state index in [1.54, 1.807) is 18.2 Å². The Kier molecular flexibility index (Phi) is 7.81. The SMILES string of the molecule is O=C(CCC1CCN(C[C@@H](O)COc2ccc(Cl)c(F)c2)C1)c1ccc2cc(Cl)ccc2n1. The van der Waals surface area contributed by atoms with Gasteiger partial charge in [-0.1, -0.05) is 29.3 Å². The van der Waals surface area contributed by atoms with Crippen molar-refractivity contribution >= 4 is 39.9 Å². The predicted octanol–water partition coefficient (Wildman–Crippen LogP) is 5.41. The molecule has 1 N–H and O–H groups in total. The highest BCUT2D eigenvalue weighted by Gasteiger charge is 2.25. The second-order valence-corrected chi connectivity index (χ2v) is 9.29. The molecule has 8 heteroatoms. The molecule has 2 heterocycles. The Morgan fingerprint density at radius 2 is 2.06 bits per heavy atom. The van der Waals surface area contributed by atoms with E-state index >= 15 is 0 Å². The largest absolute Gasteiger partial charge is 0.491 e. The summed E-state index contributed by atoms with van der Waals surface area (Å²) in [5.74, 6) is 0.212. The number of hydrogen-bond acceptors (Lipinski definition) is 5. The van der Waals surface area contributed by atoms with Gasteiger partial charge in [-0.05, 0) is 61.7 Å². The fraction of sp³-hybridized carbons (Fsp3) is 0.360. The Balaban J connectivity index is 1.21.